The van der Waals surface area contributed by atoms with Crippen LogP contribution in [0.2, 0.25) is 0 Å². The molecule has 0 bridgehead atoms. The normalized spacial score (nSPS) is 21.7. The lowest BCUT2D eigenvalue weighted by molar-refractivity contribution is -0.904. The van der Waals surface area contributed by atoms with Gasteiger partial charge in [0.2, 0.25) is 0 Å². The number of hydrogen-bond donors (Lipinski definition) is 3. The Hall–Kier alpha value is -2.66. The number of quaternary nitrogens is 1. The second-order valence-corrected chi connectivity index (χ2v) is 8.04. The maximum atomic E-state index is 12.6. The summed E-state index contributed by atoms with van der Waals surface area (Å²) in [5, 5.41) is 5.87. The number of carbonyl (C=O) groups excluding carboxylic acids is 2. The van der Waals surface area contributed by atoms with Crippen molar-refractivity contribution in [1.82, 2.24) is 5.32 Å². The van der Waals surface area contributed by atoms with Gasteiger partial charge in [-0.25, -0.2) is 0 Å². The van der Waals surface area contributed by atoms with E-state index in [1.165, 1.54) is 11.3 Å². The summed E-state index contributed by atoms with van der Waals surface area (Å²) in [7, 11) is 0. The number of benzene rings is 2. The predicted molar refractivity (Wildman–Crippen MR) is 111 cm³/mol. The number of amides is 2. The molecular formula is C23H30N3O2+. The van der Waals surface area contributed by atoms with Gasteiger partial charge < -0.3 is 15.5 Å². The molecule has 2 aromatic rings. The molecule has 1 aliphatic rings. The summed E-state index contributed by atoms with van der Waals surface area (Å²) in [4.78, 5) is 26.5. The predicted octanol–water partition coefficient (Wildman–Crippen LogP) is 2.12. The molecule has 1 unspecified atom stereocenters. The largest absolute Gasteiger partial charge is 0.348 e. The first-order valence-corrected chi connectivity index (χ1v) is 10.1. The van der Waals surface area contributed by atoms with E-state index in [4.69, 9.17) is 0 Å². The summed E-state index contributed by atoms with van der Waals surface area (Å²) in [6.45, 7) is 7.44. The highest BCUT2D eigenvalue weighted by Crippen LogP contribution is 2.15. The second-order valence-electron chi connectivity index (χ2n) is 8.04. The molecule has 2 amide bonds. The van der Waals surface area contributed by atoms with E-state index in [9.17, 15) is 9.59 Å². The van der Waals surface area contributed by atoms with E-state index in [-0.39, 0.29) is 11.8 Å². The highest BCUT2D eigenvalue weighted by atomic mass is 16.2. The van der Waals surface area contributed by atoms with Crippen LogP contribution in [0.5, 0.6) is 0 Å². The highest BCUT2D eigenvalue weighted by molar-refractivity contribution is 6.03. The van der Waals surface area contributed by atoms with Crippen molar-refractivity contribution in [1.29, 1.82) is 0 Å². The molecule has 5 heteroatoms. The average Bonchev–Trinajstić information content (AvgIpc) is 2.66. The fraction of sp³-hybridized carbons (Fsp3) is 0.391. The Labute approximate surface area is 167 Å². The van der Waals surface area contributed by atoms with Gasteiger partial charge in [0, 0.05) is 18.4 Å². The Morgan fingerprint density at radius 1 is 0.964 bits per heavy atom. The van der Waals surface area contributed by atoms with Crippen LogP contribution in [0.1, 0.15) is 36.2 Å². The third-order valence-corrected chi connectivity index (χ3v) is 5.23. The Bertz CT molecular complexity index is 797. The number of piperidine rings is 1. The van der Waals surface area contributed by atoms with Crippen LogP contribution in [0, 0.1) is 11.8 Å². The minimum absolute atomic E-state index is 0.0420. The van der Waals surface area contributed by atoms with Crippen LogP contribution in [0.3, 0.4) is 0 Å². The third kappa shape index (κ3) is 5.67. The van der Waals surface area contributed by atoms with Crippen molar-refractivity contribution in [3.8, 4) is 0 Å². The molecule has 28 heavy (non-hydrogen) atoms. The lowest BCUT2D eigenvalue weighted by Gasteiger charge is -2.31. The molecule has 3 rings (SSSR count). The SMILES string of the molecule is C[C@@H]1C[C@H](C)C[NH+](CC(=O)Nc2ccccc2C(=O)NCc2ccccc2)C1. The Balaban J connectivity index is 1.60. The molecule has 1 fully saturated rings. The van der Waals surface area contributed by atoms with E-state index >= 15 is 0 Å². The van der Waals surface area contributed by atoms with Crippen LogP contribution in [0.25, 0.3) is 0 Å². The number of rotatable bonds is 6. The monoisotopic (exact) mass is 380 g/mol. The molecule has 1 saturated heterocycles. The molecular weight excluding hydrogens is 350 g/mol. The van der Waals surface area contributed by atoms with Crippen molar-refractivity contribution in [2.24, 2.45) is 11.8 Å². The molecule has 0 aliphatic carbocycles. The number of anilines is 1. The van der Waals surface area contributed by atoms with Crippen molar-refractivity contribution in [2.45, 2.75) is 26.8 Å². The van der Waals surface area contributed by atoms with Crippen molar-refractivity contribution in [2.75, 3.05) is 25.0 Å². The van der Waals surface area contributed by atoms with Crippen LogP contribution < -0.4 is 15.5 Å². The number of carbonyl (C=O) groups is 2. The summed E-state index contributed by atoms with van der Waals surface area (Å²) in [6, 6.07) is 16.9. The Morgan fingerprint density at radius 2 is 1.61 bits per heavy atom. The van der Waals surface area contributed by atoms with Gasteiger partial charge in [0.25, 0.3) is 11.8 Å². The van der Waals surface area contributed by atoms with Gasteiger partial charge in [-0.3, -0.25) is 9.59 Å². The number of nitrogens with one attached hydrogen (secondary N) is 3. The van der Waals surface area contributed by atoms with Gasteiger partial charge in [0.1, 0.15) is 0 Å². The quantitative estimate of drug-likeness (QED) is 0.719. The van der Waals surface area contributed by atoms with E-state index < -0.39 is 0 Å². The molecule has 3 atom stereocenters. The van der Waals surface area contributed by atoms with E-state index in [1.54, 1.807) is 12.1 Å². The van der Waals surface area contributed by atoms with Gasteiger partial charge in [-0.2, -0.15) is 0 Å². The van der Waals surface area contributed by atoms with Gasteiger partial charge in [0.05, 0.1) is 24.3 Å². The summed E-state index contributed by atoms with van der Waals surface area (Å²) in [5.41, 5.74) is 2.09. The van der Waals surface area contributed by atoms with Crippen LogP contribution >= 0.6 is 0 Å². The molecule has 1 aliphatic heterocycles. The fourth-order valence-electron chi connectivity index (χ4n) is 4.15. The summed E-state index contributed by atoms with van der Waals surface area (Å²) < 4.78 is 0. The minimum Gasteiger partial charge on any atom is -0.348 e. The molecule has 0 spiro atoms. The van der Waals surface area contributed by atoms with Gasteiger partial charge in [0.15, 0.2) is 6.54 Å². The molecule has 3 N–H and O–H groups in total. The maximum absolute atomic E-state index is 12.6. The van der Waals surface area contributed by atoms with Gasteiger partial charge in [-0.15, -0.1) is 0 Å². The lowest BCUT2D eigenvalue weighted by atomic mass is 9.92. The van der Waals surface area contributed by atoms with Gasteiger partial charge in [-0.05, 0) is 24.1 Å². The van der Waals surface area contributed by atoms with Crippen molar-refractivity contribution in [3.05, 3.63) is 65.7 Å². The molecule has 0 radical (unpaired) electrons. The first-order valence-electron chi connectivity index (χ1n) is 10.1. The highest BCUT2D eigenvalue weighted by Gasteiger charge is 2.27. The summed E-state index contributed by atoms with van der Waals surface area (Å²) >= 11 is 0. The topological polar surface area (TPSA) is 62.6 Å². The molecule has 5 nitrogen and oxygen atoms in total. The van der Waals surface area contributed by atoms with Crippen LogP contribution in [-0.4, -0.2) is 31.4 Å². The Kier molecular flexibility index (Phi) is 6.82. The van der Waals surface area contributed by atoms with Gasteiger partial charge in [-0.1, -0.05) is 56.3 Å². The van der Waals surface area contributed by atoms with Crippen LogP contribution in [0.15, 0.2) is 54.6 Å². The van der Waals surface area contributed by atoms with Crippen LogP contribution in [0.4, 0.5) is 5.69 Å². The Morgan fingerprint density at radius 3 is 2.32 bits per heavy atom. The van der Waals surface area contributed by atoms with E-state index in [2.05, 4.69) is 24.5 Å². The molecule has 1 heterocycles. The second kappa shape index (κ2) is 9.51. The molecule has 0 aromatic heterocycles. The van der Waals surface area contributed by atoms with Crippen LogP contribution in [-0.2, 0) is 11.3 Å². The molecule has 0 saturated carbocycles. The zero-order chi connectivity index (χ0) is 19.9. The average molecular weight is 381 g/mol. The zero-order valence-corrected chi connectivity index (χ0v) is 16.7. The zero-order valence-electron chi connectivity index (χ0n) is 16.7. The van der Waals surface area contributed by atoms with E-state index in [0.717, 1.165) is 18.7 Å². The van der Waals surface area contributed by atoms with Crippen molar-refractivity contribution in [3.63, 3.8) is 0 Å². The smallest absolute Gasteiger partial charge is 0.279 e. The first-order chi connectivity index (χ1) is 13.5. The maximum Gasteiger partial charge on any atom is 0.279 e. The fourth-order valence-corrected chi connectivity index (χ4v) is 4.15. The lowest BCUT2D eigenvalue weighted by Crippen LogP contribution is -3.15. The molecule has 2 aromatic carbocycles. The van der Waals surface area contributed by atoms with E-state index in [0.29, 0.717) is 36.2 Å². The number of para-hydroxylation sites is 1. The standard InChI is InChI=1S/C23H29N3O2/c1-17-12-18(2)15-26(14-17)16-22(27)25-21-11-7-6-10-20(21)23(28)24-13-19-8-4-3-5-9-19/h3-11,17-18H,12-16H2,1-2H3,(H,24,28)(H,25,27)/p+1/t17-,18+. The van der Waals surface area contributed by atoms with Crippen molar-refractivity contribution >= 4 is 17.5 Å². The number of likely N-dealkylation sites (tertiary alicyclic amines) is 1. The molecule has 148 valence electrons. The van der Waals surface area contributed by atoms with Gasteiger partial charge >= 0.3 is 0 Å². The third-order valence-electron chi connectivity index (χ3n) is 5.23. The summed E-state index contributed by atoms with van der Waals surface area (Å²) in [5.74, 6) is 1.05. The number of hydrogen-bond acceptors (Lipinski definition) is 2. The first kappa shape index (κ1) is 20.1. The van der Waals surface area contributed by atoms with Crippen molar-refractivity contribution < 1.29 is 14.5 Å². The minimum atomic E-state index is -0.188. The van der Waals surface area contributed by atoms with E-state index in [1.807, 2.05) is 42.5 Å². The summed E-state index contributed by atoms with van der Waals surface area (Å²) in [6.07, 6.45) is 1.23.